The number of aliphatic imine (C=N–C) groups is 1. The zero-order valence-electron chi connectivity index (χ0n) is 4.65. The average molecular weight is 108 g/mol. The summed E-state index contributed by atoms with van der Waals surface area (Å²) < 4.78 is 0. The van der Waals surface area contributed by atoms with Crippen LogP contribution in [-0.2, 0) is 0 Å². The van der Waals surface area contributed by atoms with E-state index in [0.29, 0.717) is 0 Å². The molecule has 0 aromatic heterocycles. The Balaban J connectivity index is 2.57. The van der Waals surface area contributed by atoms with Crippen LogP contribution in [0.25, 0.3) is 0 Å². The van der Waals surface area contributed by atoms with Crippen LogP contribution in [0.5, 0.6) is 0 Å². The van der Waals surface area contributed by atoms with E-state index in [4.69, 9.17) is 0 Å². The minimum atomic E-state index is 0.882. The molecule has 0 saturated carbocycles. The molecule has 42 valence electrons. The fraction of sp³-hybridized carbons (Fsp3) is 0.333. The van der Waals surface area contributed by atoms with Crippen LogP contribution in [0.1, 0.15) is 0 Å². The monoisotopic (exact) mass is 108 g/mol. The van der Waals surface area contributed by atoms with Gasteiger partial charge < -0.3 is 5.32 Å². The Morgan fingerprint density at radius 2 is 2.75 bits per heavy atom. The third-order valence-corrected chi connectivity index (χ3v) is 0.939. The van der Waals surface area contributed by atoms with Crippen molar-refractivity contribution in [3.63, 3.8) is 0 Å². The molecule has 1 N–H and O–H groups in total. The quantitative estimate of drug-likeness (QED) is 0.481. The molecule has 0 fully saturated rings. The molecule has 0 aliphatic carbocycles. The second kappa shape index (κ2) is 2.34. The van der Waals surface area contributed by atoms with Crippen molar-refractivity contribution in [2.24, 2.45) is 4.99 Å². The summed E-state index contributed by atoms with van der Waals surface area (Å²) in [6.07, 6.45) is 1.74. The molecule has 0 saturated heterocycles. The van der Waals surface area contributed by atoms with Crippen molar-refractivity contribution in [3.05, 3.63) is 18.4 Å². The number of hydrogen-bond donors (Lipinski definition) is 1. The van der Waals surface area contributed by atoms with Crippen LogP contribution >= 0.6 is 0 Å². The van der Waals surface area contributed by atoms with Gasteiger partial charge in [-0.1, -0.05) is 6.58 Å². The number of amidine groups is 1. The van der Waals surface area contributed by atoms with E-state index in [1.54, 1.807) is 6.08 Å². The second-order valence-corrected chi connectivity index (χ2v) is 1.54. The Morgan fingerprint density at radius 1 is 1.88 bits per heavy atom. The fourth-order valence-electron chi connectivity index (χ4n) is 0.610. The predicted octanol–water partition coefficient (Wildman–Crippen LogP) is 0.329. The molecule has 0 aromatic carbocycles. The Hall–Kier alpha value is -1.01. The molecule has 1 rings (SSSR count). The molecule has 8 heavy (non-hydrogen) atoms. The van der Waals surface area contributed by atoms with Crippen molar-refractivity contribution in [3.8, 4) is 0 Å². The highest BCUT2D eigenvalue weighted by Gasteiger charge is 1.97. The molecule has 0 spiro atoms. The summed E-state index contributed by atoms with van der Waals surface area (Å²) in [6.45, 7) is 5.26. The Morgan fingerprint density at radius 3 is 3.25 bits per heavy atom. The zero-order chi connectivity index (χ0) is 5.82. The van der Waals surface area contributed by atoms with Crippen molar-refractivity contribution in [2.45, 2.75) is 0 Å². The molecule has 1 aliphatic heterocycles. The molecule has 2 nitrogen and oxygen atoms in total. The van der Waals surface area contributed by atoms with E-state index in [0.717, 1.165) is 18.9 Å². The van der Waals surface area contributed by atoms with Gasteiger partial charge in [-0.25, -0.2) is 0 Å². The van der Waals surface area contributed by atoms with E-state index in [1.165, 1.54) is 0 Å². The van der Waals surface area contributed by atoms with Gasteiger partial charge in [-0.15, -0.1) is 5.73 Å². The van der Waals surface area contributed by atoms with Gasteiger partial charge in [0.1, 0.15) is 5.84 Å². The average Bonchev–Trinajstić information content (AvgIpc) is 2.19. The molecular formula is C6H8N2. The third kappa shape index (κ3) is 0.983. The number of nitrogens with one attached hydrogen (secondary N) is 1. The highest BCUT2D eigenvalue weighted by molar-refractivity contribution is 5.93. The van der Waals surface area contributed by atoms with Gasteiger partial charge >= 0.3 is 0 Å². The maximum absolute atomic E-state index is 4.07. The Kier molecular flexibility index (Phi) is 1.50. The summed E-state index contributed by atoms with van der Waals surface area (Å²) in [5, 5.41) is 3.05. The molecule has 0 radical (unpaired) electrons. The highest BCUT2D eigenvalue weighted by Crippen LogP contribution is 1.83. The van der Waals surface area contributed by atoms with Crippen LogP contribution in [0, 0.1) is 0 Å². The van der Waals surface area contributed by atoms with Gasteiger partial charge in [0, 0.05) is 12.6 Å². The maximum Gasteiger partial charge on any atom is 0.128 e. The van der Waals surface area contributed by atoms with Crippen LogP contribution < -0.4 is 5.32 Å². The first kappa shape index (κ1) is 5.13. The van der Waals surface area contributed by atoms with Crippen molar-refractivity contribution in [1.29, 1.82) is 0 Å². The van der Waals surface area contributed by atoms with Crippen molar-refractivity contribution in [2.75, 3.05) is 13.1 Å². The van der Waals surface area contributed by atoms with Crippen LogP contribution in [0.4, 0.5) is 0 Å². The zero-order valence-corrected chi connectivity index (χ0v) is 4.65. The van der Waals surface area contributed by atoms with E-state index >= 15 is 0 Å². The predicted molar refractivity (Wildman–Crippen MR) is 34.0 cm³/mol. The van der Waals surface area contributed by atoms with E-state index in [2.05, 4.69) is 22.6 Å². The number of hydrogen-bond acceptors (Lipinski definition) is 2. The first-order valence-corrected chi connectivity index (χ1v) is 2.57. The van der Waals surface area contributed by atoms with Gasteiger partial charge in [0.05, 0.1) is 6.54 Å². The number of nitrogens with zero attached hydrogens (tertiary/aromatic N) is 1. The van der Waals surface area contributed by atoms with Crippen molar-refractivity contribution < 1.29 is 0 Å². The van der Waals surface area contributed by atoms with Gasteiger partial charge in [-0.3, -0.25) is 4.99 Å². The van der Waals surface area contributed by atoms with Crippen molar-refractivity contribution >= 4 is 5.84 Å². The van der Waals surface area contributed by atoms with Crippen molar-refractivity contribution in [1.82, 2.24) is 5.32 Å². The third-order valence-electron chi connectivity index (χ3n) is 0.939. The summed E-state index contributed by atoms with van der Waals surface area (Å²) in [5.74, 6) is 0.903. The lowest BCUT2D eigenvalue weighted by Crippen LogP contribution is -2.15. The normalized spacial score (nSPS) is 16.2. The first-order valence-electron chi connectivity index (χ1n) is 2.57. The molecule has 2 heteroatoms. The maximum atomic E-state index is 4.07. The van der Waals surface area contributed by atoms with Crippen LogP contribution in [0.2, 0.25) is 0 Å². The molecule has 1 heterocycles. The lowest BCUT2D eigenvalue weighted by atomic mass is 10.5. The van der Waals surface area contributed by atoms with Gasteiger partial charge in [-0.2, -0.15) is 0 Å². The topological polar surface area (TPSA) is 24.4 Å². The van der Waals surface area contributed by atoms with Crippen LogP contribution in [-0.4, -0.2) is 18.9 Å². The molecule has 0 bridgehead atoms. The van der Waals surface area contributed by atoms with E-state index in [1.807, 2.05) is 0 Å². The molecule has 0 atom stereocenters. The fourth-order valence-corrected chi connectivity index (χ4v) is 0.610. The lowest BCUT2D eigenvalue weighted by molar-refractivity contribution is 0.961. The summed E-state index contributed by atoms with van der Waals surface area (Å²) in [4.78, 5) is 4.07. The largest absolute Gasteiger partial charge is 0.368 e. The minimum Gasteiger partial charge on any atom is -0.368 e. The molecular weight excluding hydrogens is 100 g/mol. The standard InChI is InChI=1S/C6H8N2/c1-2-3-6-7-4-5-8-6/h3H,1,4-5H2,(H,7,8). The minimum absolute atomic E-state index is 0.882. The van der Waals surface area contributed by atoms with Crippen LogP contribution in [0.15, 0.2) is 23.4 Å². The Labute approximate surface area is 48.6 Å². The molecule has 1 aliphatic rings. The van der Waals surface area contributed by atoms with E-state index in [-0.39, 0.29) is 0 Å². The van der Waals surface area contributed by atoms with E-state index < -0.39 is 0 Å². The summed E-state index contributed by atoms with van der Waals surface area (Å²) in [5.41, 5.74) is 2.64. The molecule has 0 aromatic rings. The second-order valence-electron chi connectivity index (χ2n) is 1.54. The van der Waals surface area contributed by atoms with E-state index in [9.17, 15) is 0 Å². The number of rotatable bonds is 1. The highest BCUT2D eigenvalue weighted by atomic mass is 15.1. The molecule has 0 unspecified atom stereocenters. The Bertz CT molecular complexity index is 152. The van der Waals surface area contributed by atoms with Gasteiger partial charge in [-0.05, 0) is 0 Å². The smallest absolute Gasteiger partial charge is 0.128 e. The summed E-state index contributed by atoms with van der Waals surface area (Å²) in [6, 6.07) is 0. The summed E-state index contributed by atoms with van der Waals surface area (Å²) in [7, 11) is 0. The van der Waals surface area contributed by atoms with Gasteiger partial charge in [0.25, 0.3) is 0 Å². The molecule has 0 amide bonds. The van der Waals surface area contributed by atoms with Gasteiger partial charge in [0.15, 0.2) is 0 Å². The first-order chi connectivity index (χ1) is 3.93. The van der Waals surface area contributed by atoms with Crippen LogP contribution in [0.3, 0.4) is 0 Å². The SMILES string of the molecule is C=C=CC1=NCCN1. The summed E-state index contributed by atoms with van der Waals surface area (Å²) >= 11 is 0. The lowest BCUT2D eigenvalue weighted by Gasteiger charge is -1.87. The van der Waals surface area contributed by atoms with Gasteiger partial charge in [0.2, 0.25) is 0 Å².